The molecule has 0 unspecified atom stereocenters. The van der Waals surface area contributed by atoms with Crippen LogP contribution < -0.4 is 15.4 Å². The Morgan fingerprint density at radius 3 is 2.52 bits per heavy atom. The number of benzene rings is 2. The number of non-ortho nitro benzene ring substituents is 1. The molecule has 1 amide bonds. The van der Waals surface area contributed by atoms with Gasteiger partial charge in [0, 0.05) is 17.8 Å². The molecule has 0 spiro atoms. The van der Waals surface area contributed by atoms with Crippen LogP contribution in [0.5, 0.6) is 5.75 Å². The van der Waals surface area contributed by atoms with Crippen LogP contribution in [0.1, 0.15) is 13.8 Å². The first kappa shape index (κ1) is 18.5. The fraction of sp³-hybridized carbons (Fsp3) is 0.235. The second-order valence-electron chi connectivity index (χ2n) is 5.23. The molecule has 2 aromatic rings. The number of rotatable bonds is 7. The van der Waals surface area contributed by atoms with E-state index in [0.29, 0.717) is 12.3 Å². The normalized spacial score (nSPS) is 11.5. The van der Waals surface area contributed by atoms with Crippen LogP contribution >= 0.6 is 11.6 Å². The molecule has 0 aliphatic heterocycles. The van der Waals surface area contributed by atoms with Crippen molar-refractivity contribution < 1.29 is 14.5 Å². The van der Waals surface area contributed by atoms with Gasteiger partial charge in [-0.05, 0) is 44.2 Å². The molecule has 0 aliphatic rings. The van der Waals surface area contributed by atoms with E-state index in [9.17, 15) is 14.9 Å². The van der Waals surface area contributed by atoms with E-state index in [1.165, 1.54) is 18.2 Å². The Kier molecular flexibility index (Phi) is 6.19. The number of ether oxygens (including phenoxy) is 1. The maximum Gasteiger partial charge on any atom is 0.271 e. The van der Waals surface area contributed by atoms with Crippen molar-refractivity contribution in [1.82, 2.24) is 0 Å². The topological polar surface area (TPSA) is 93.5 Å². The van der Waals surface area contributed by atoms with Crippen LogP contribution in [0.3, 0.4) is 0 Å². The van der Waals surface area contributed by atoms with E-state index >= 15 is 0 Å². The van der Waals surface area contributed by atoms with Crippen LogP contribution in [0, 0.1) is 10.1 Å². The fourth-order valence-electron chi connectivity index (χ4n) is 2.09. The molecule has 25 heavy (non-hydrogen) atoms. The standard InChI is InChI=1S/C17H18ClN3O4/c1-3-25-14-7-4-12(5-8-14)19-11(2)17(22)20-16-9-6-13(21(23)24)10-15(16)18/h4-11,19H,3H2,1-2H3,(H,20,22)/t11-/m0/s1. The van der Waals surface area contributed by atoms with Gasteiger partial charge in [-0.1, -0.05) is 11.6 Å². The minimum Gasteiger partial charge on any atom is -0.494 e. The monoisotopic (exact) mass is 363 g/mol. The van der Waals surface area contributed by atoms with Crippen molar-refractivity contribution in [3.05, 3.63) is 57.6 Å². The molecular weight excluding hydrogens is 346 g/mol. The summed E-state index contributed by atoms with van der Waals surface area (Å²) in [5.74, 6) is 0.437. The molecule has 0 bridgehead atoms. The number of carbonyl (C=O) groups excluding carboxylic acids is 1. The molecule has 0 aliphatic carbocycles. The maximum absolute atomic E-state index is 12.3. The first-order chi connectivity index (χ1) is 11.9. The van der Waals surface area contributed by atoms with Gasteiger partial charge in [-0.25, -0.2) is 0 Å². The van der Waals surface area contributed by atoms with Gasteiger partial charge in [0.05, 0.1) is 22.2 Å². The van der Waals surface area contributed by atoms with Crippen molar-refractivity contribution >= 4 is 34.6 Å². The predicted molar refractivity (Wildman–Crippen MR) is 97.4 cm³/mol. The number of halogens is 1. The lowest BCUT2D eigenvalue weighted by Crippen LogP contribution is -2.31. The lowest BCUT2D eigenvalue weighted by molar-refractivity contribution is -0.384. The molecule has 2 N–H and O–H groups in total. The third-order valence-corrected chi connectivity index (χ3v) is 3.68. The smallest absolute Gasteiger partial charge is 0.271 e. The van der Waals surface area contributed by atoms with Gasteiger partial charge in [-0.15, -0.1) is 0 Å². The summed E-state index contributed by atoms with van der Waals surface area (Å²) in [6.07, 6.45) is 0. The van der Waals surface area contributed by atoms with E-state index in [1.54, 1.807) is 6.92 Å². The van der Waals surface area contributed by atoms with Crippen LogP contribution in [0.4, 0.5) is 17.1 Å². The molecule has 0 aromatic heterocycles. The Labute approximate surface area is 150 Å². The van der Waals surface area contributed by atoms with Gasteiger partial charge in [0.2, 0.25) is 5.91 Å². The number of nitro benzene ring substituents is 1. The van der Waals surface area contributed by atoms with Crippen LogP contribution in [-0.2, 0) is 4.79 Å². The van der Waals surface area contributed by atoms with Crippen LogP contribution in [0.2, 0.25) is 5.02 Å². The summed E-state index contributed by atoms with van der Waals surface area (Å²) in [7, 11) is 0. The first-order valence-corrected chi connectivity index (χ1v) is 8.02. The lowest BCUT2D eigenvalue weighted by Gasteiger charge is -2.16. The van der Waals surface area contributed by atoms with E-state index in [-0.39, 0.29) is 16.6 Å². The third-order valence-electron chi connectivity index (χ3n) is 3.36. The van der Waals surface area contributed by atoms with E-state index < -0.39 is 11.0 Å². The van der Waals surface area contributed by atoms with Gasteiger partial charge in [-0.3, -0.25) is 14.9 Å². The molecule has 8 heteroatoms. The van der Waals surface area contributed by atoms with Gasteiger partial charge < -0.3 is 15.4 Å². The summed E-state index contributed by atoms with van der Waals surface area (Å²) in [5, 5.41) is 16.5. The van der Waals surface area contributed by atoms with E-state index in [0.717, 1.165) is 11.4 Å². The zero-order valence-corrected chi connectivity index (χ0v) is 14.5. The summed E-state index contributed by atoms with van der Waals surface area (Å²) < 4.78 is 5.36. The average molecular weight is 364 g/mol. The van der Waals surface area contributed by atoms with E-state index in [1.807, 2.05) is 31.2 Å². The highest BCUT2D eigenvalue weighted by Gasteiger charge is 2.16. The average Bonchev–Trinajstić information content (AvgIpc) is 2.58. The summed E-state index contributed by atoms with van der Waals surface area (Å²) in [6, 6.07) is 10.6. The third kappa shape index (κ3) is 5.09. The molecular formula is C17H18ClN3O4. The van der Waals surface area contributed by atoms with Crippen molar-refractivity contribution in [1.29, 1.82) is 0 Å². The molecule has 7 nitrogen and oxygen atoms in total. The molecule has 2 rings (SSSR count). The van der Waals surface area contributed by atoms with Crippen LogP contribution in [0.25, 0.3) is 0 Å². The Hall–Kier alpha value is -2.80. The van der Waals surface area contributed by atoms with Crippen molar-refractivity contribution in [2.75, 3.05) is 17.2 Å². The van der Waals surface area contributed by atoms with Crippen molar-refractivity contribution in [3.8, 4) is 5.75 Å². The second-order valence-corrected chi connectivity index (χ2v) is 5.64. The Bertz CT molecular complexity index is 765. The molecule has 1 atom stereocenters. The van der Waals surface area contributed by atoms with E-state index in [4.69, 9.17) is 16.3 Å². The van der Waals surface area contributed by atoms with Gasteiger partial charge in [0.1, 0.15) is 11.8 Å². The van der Waals surface area contributed by atoms with Gasteiger partial charge in [0.25, 0.3) is 5.69 Å². The number of anilines is 2. The quantitative estimate of drug-likeness (QED) is 0.571. The number of hydrogen-bond acceptors (Lipinski definition) is 5. The zero-order chi connectivity index (χ0) is 18.4. The molecule has 0 fully saturated rings. The second kappa shape index (κ2) is 8.34. The highest BCUT2D eigenvalue weighted by atomic mass is 35.5. The number of hydrogen-bond donors (Lipinski definition) is 2. The predicted octanol–water partition coefficient (Wildman–Crippen LogP) is 4.09. The maximum atomic E-state index is 12.3. The number of nitrogens with one attached hydrogen (secondary N) is 2. The number of amides is 1. The Morgan fingerprint density at radius 2 is 1.96 bits per heavy atom. The minimum absolute atomic E-state index is 0.107. The molecule has 132 valence electrons. The molecule has 0 radical (unpaired) electrons. The summed E-state index contributed by atoms with van der Waals surface area (Å²) >= 11 is 5.98. The molecule has 0 saturated carbocycles. The number of nitrogens with zero attached hydrogens (tertiary/aromatic N) is 1. The summed E-state index contributed by atoms with van der Waals surface area (Å²) in [5.41, 5.74) is 0.946. The largest absolute Gasteiger partial charge is 0.494 e. The van der Waals surface area contributed by atoms with Gasteiger partial charge >= 0.3 is 0 Å². The molecule has 0 heterocycles. The van der Waals surface area contributed by atoms with Crippen LogP contribution in [-0.4, -0.2) is 23.5 Å². The van der Waals surface area contributed by atoms with Gasteiger partial charge in [-0.2, -0.15) is 0 Å². The molecule has 0 saturated heterocycles. The first-order valence-electron chi connectivity index (χ1n) is 7.65. The number of nitro groups is 1. The summed E-state index contributed by atoms with van der Waals surface area (Å²) in [4.78, 5) is 22.4. The lowest BCUT2D eigenvalue weighted by atomic mass is 10.2. The van der Waals surface area contributed by atoms with Crippen molar-refractivity contribution in [2.45, 2.75) is 19.9 Å². The Balaban J connectivity index is 1.99. The fourth-order valence-corrected chi connectivity index (χ4v) is 2.31. The van der Waals surface area contributed by atoms with E-state index in [2.05, 4.69) is 10.6 Å². The zero-order valence-electron chi connectivity index (χ0n) is 13.8. The van der Waals surface area contributed by atoms with Crippen molar-refractivity contribution in [2.24, 2.45) is 0 Å². The van der Waals surface area contributed by atoms with Crippen molar-refractivity contribution in [3.63, 3.8) is 0 Å². The van der Waals surface area contributed by atoms with Gasteiger partial charge in [0.15, 0.2) is 0 Å². The molecule has 2 aromatic carbocycles. The SMILES string of the molecule is CCOc1ccc(N[C@@H](C)C(=O)Nc2ccc([N+](=O)[O-])cc2Cl)cc1. The highest BCUT2D eigenvalue weighted by molar-refractivity contribution is 6.34. The minimum atomic E-state index is -0.548. The highest BCUT2D eigenvalue weighted by Crippen LogP contribution is 2.27. The van der Waals surface area contributed by atoms with Crippen LogP contribution in [0.15, 0.2) is 42.5 Å². The summed E-state index contributed by atoms with van der Waals surface area (Å²) in [6.45, 7) is 4.19. The Morgan fingerprint density at radius 1 is 1.28 bits per heavy atom. The number of carbonyl (C=O) groups is 1.